The minimum Gasteiger partial charge on any atom is -0.496 e. The Balaban J connectivity index is 0.00000176. The zero-order chi connectivity index (χ0) is 14.9. The summed E-state index contributed by atoms with van der Waals surface area (Å²) in [6.45, 7) is 7.11. The largest absolute Gasteiger partial charge is 0.496 e. The van der Waals surface area contributed by atoms with Crippen molar-refractivity contribution in [1.29, 1.82) is 0 Å². The van der Waals surface area contributed by atoms with E-state index < -0.39 is 0 Å². The summed E-state index contributed by atoms with van der Waals surface area (Å²) in [5.41, 5.74) is 1.75. The van der Waals surface area contributed by atoms with Gasteiger partial charge in [-0.1, -0.05) is 22.9 Å². The Hall–Kier alpha value is -0.290. The van der Waals surface area contributed by atoms with Crippen LogP contribution in [0.5, 0.6) is 5.75 Å². The smallest absolute Gasteiger partial charge is 0.123 e. The maximum Gasteiger partial charge on any atom is 0.123 e. The van der Waals surface area contributed by atoms with Crippen LogP contribution in [0.2, 0.25) is 0 Å². The summed E-state index contributed by atoms with van der Waals surface area (Å²) in [4.78, 5) is 2.66. The van der Waals surface area contributed by atoms with Gasteiger partial charge < -0.3 is 10.1 Å². The first kappa shape index (κ1) is 18.1. The van der Waals surface area contributed by atoms with Crippen LogP contribution in [0, 0.1) is 5.41 Å². The van der Waals surface area contributed by atoms with Gasteiger partial charge in [-0.15, -0.1) is 12.4 Å². The van der Waals surface area contributed by atoms with E-state index in [1.807, 2.05) is 0 Å². The molecule has 3 nitrogen and oxygen atoms in total. The SMILES string of the molecule is COc1ccc(Br)cc1C1CCCN1CC1(C)CCNC1.Cl. The molecule has 2 fully saturated rings. The van der Waals surface area contributed by atoms with E-state index >= 15 is 0 Å². The number of hydrogen-bond donors (Lipinski definition) is 1. The molecule has 0 saturated carbocycles. The molecular formula is C17H26BrClN2O. The molecular weight excluding hydrogens is 364 g/mol. The molecule has 2 unspecified atom stereocenters. The van der Waals surface area contributed by atoms with Crippen LogP contribution in [0.15, 0.2) is 22.7 Å². The average Bonchev–Trinajstić information content (AvgIpc) is 3.08. The van der Waals surface area contributed by atoms with E-state index in [1.54, 1.807) is 7.11 Å². The Morgan fingerprint density at radius 2 is 2.27 bits per heavy atom. The zero-order valence-electron chi connectivity index (χ0n) is 13.4. The molecule has 2 saturated heterocycles. The van der Waals surface area contributed by atoms with E-state index in [0.29, 0.717) is 11.5 Å². The van der Waals surface area contributed by atoms with Gasteiger partial charge in [0.15, 0.2) is 0 Å². The van der Waals surface area contributed by atoms with E-state index in [2.05, 4.69) is 51.3 Å². The van der Waals surface area contributed by atoms with Crippen LogP contribution in [0.25, 0.3) is 0 Å². The number of hydrogen-bond acceptors (Lipinski definition) is 3. The lowest BCUT2D eigenvalue weighted by Crippen LogP contribution is -2.37. The third kappa shape index (κ3) is 3.78. The van der Waals surface area contributed by atoms with Gasteiger partial charge in [0.05, 0.1) is 7.11 Å². The molecule has 0 bridgehead atoms. The van der Waals surface area contributed by atoms with Crippen molar-refractivity contribution in [3.63, 3.8) is 0 Å². The van der Waals surface area contributed by atoms with Gasteiger partial charge in [-0.05, 0) is 56.0 Å². The number of methoxy groups -OCH3 is 1. The van der Waals surface area contributed by atoms with Crippen molar-refractivity contribution in [2.75, 3.05) is 33.3 Å². The molecule has 0 radical (unpaired) electrons. The van der Waals surface area contributed by atoms with Crippen molar-refractivity contribution < 1.29 is 4.74 Å². The molecule has 2 aliphatic rings. The molecule has 124 valence electrons. The van der Waals surface area contributed by atoms with Gasteiger partial charge >= 0.3 is 0 Å². The molecule has 2 atom stereocenters. The van der Waals surface area contributed by atoms with Gasteiger partial charge in [0, 0.05) is 29.2 Å². The summed E-state index contributed by atoms with van der Waals surface area (Å²) in [5.74, 6) is 1.02. The fourth-order valence-corrected chi connectivity index (χ4v) is 4.21. The molecule has 0 aliphatic carbocycles. The number of halogens is 2. The second-order valence-corrected chi connectivity index (χ2v) is 7.67. The minimum absolute atomic E-state index is 0. The molecule has 1 aromatic rings. The topological polar surface area (TPSA) is 24.5 Å². The minimum atomic E-state index is 0. The fourth-order valence-electron chi connectivity index (χ4n) is 3.83. The first-order chi connectivity index (χ1) is 10.1. The van der Waals surface area contributed by atoms with Crippen LogP contribution in [-0.2, 0) is 0 Å². The second kappa shape index (κ2) is 7.52. The molecule has 1 aromatic carbocycles. The summed E-state index contributed by atoms with van der Waals surface area (Å²) in [6.07, 6.45) is 3.80. The molecule has 2 aliphatic heterocycles. The fraction of sp³-hybridized carbons (Fsp3) is 0.647. The molecule has 0 aromatic heterocycles. The average molecular weight is 390 g/mol. The van der Waals surface area contributed by atoms with E-state index in [0.717, 1.165) is 23.3 Å². The van der Waals surface area contributed by atoms with Gasteiger partial charge in [-0.25, -0.2) is 0 Å². The van der Waals surface area contributed by atoms with Gasteiger partial charge in [0.1, 0.15) is 5.75 Å². The molecule has 0 amide bonds. The Bertz CT molecular complexity index is 505. The maximum atomic E-state index is 5.60. The van der Waals surface area contributed by atoms with Crippen LogP contribution in [0.1, 0.15) is 37.8 Å². The van der Waals surface area contributed by atoms with Crippen molar-refractivity contribution in [3.8, 4) is 5.75 Å². The van der Waals surface area contributed by atoms with E-state index in [-0.39, 0.29) is 12.4 Å². The quantitative estimate of drug-likeness (QED) is 0.842. The number of nitrogens with one attached hydrogen (secondary N) is 1. The van der Waals surface area contributed by atoms with Gasteiger partial charge in [0.2, 0.25) is 0 Å². The number of ether oxygens (including phenoxy) is 1. The van der Waals surface area contributed by atoms with Crippen LogP contribution >= 0.6 is 28.3 Å². The van der Waals surface area contributed by atoms with E-state index in [4.69, 9.17) is 4.74 Å². The monoisotopic (exact) mass is 388 g/mol. The predicted molar refractivity (Wildman–Crippen MR) is 97.1 cm³/mol. The molecule has 3 rings (SSSR count). The van der Waals surface area contributed by atoms with E-state index in [9.17, 15) is 0 Å². The highest BCUT2D eigenvalue weighted by Gasteiger charge is 2.36. The highest BCUT2D eigenvalue weighted by atomic mass is 79.9. The van der Waals surface area contributed by atoms with Crippen LogP contribution in [0.3, 0.4) is 0 Å². The summed E-state index contributed by atoms with van der Waals surface area (Å²) in [6, 6.07) is 6.87. The van der Waals surface area contributed by atoms with Gasteiger partial charge in [-0.2, -0.15) is 0 Å². The lowest BCUT2D eigenvalue weighted by atomic mass is 9.88. The van der Waals surface area contributed by atoms with Crippen LogP contribution in [0.4, 0.5) is 0 Å². The lowest BCUT2D eigenvalue weighted by molar-refractivity contribution is 0.163. The summed E-state index contributed by atoms with van der Waals surface area (Å²) in [5, 5.41) is 3.51. The Morgan fingerprint density at radius 1 is 1.45 bits per heavy atom. The molecule has 2 heterocycles. The third-order valence-electron chi connectivity index (χ3n) is 4.96. The molecule has 5 heteroatoms. The number of rotatable bonds is 4. The van der Waals surface area contributed by atoms with Crippen molar-refractivity contribution in [2.24, 2.45) is 5.41 Å². The summed E-state index contributed by atoms with van der Waals surface area (Å²) < 4.78 is 6.73. The predicted octanol–water partition coefficient (Wildman–Crippen LogP) is 4.02. The third-order valence-corrected chi connectivity index (χ3v) is 5.45. The lowest BCUT2D eigenvalue weighted by Gasteiger charge is -2.33. The first-order valence-electron chi connectivity index (χ1n) is 7.89. The standard InChI is InChI=1S/C17H25BrN2O.ClH/c1-17(7-8-19-11-17)12-20-9-3-4-15(20)14-10-13(18)5-6-16(14)21-2;/h5-6,10,15,19H,3-4,7-9,11-12H2,1-2H3;1H. The van der Waals surface area contributed by atoms with Gasteiger partial charge in [0.25, 0.3) is 0 Å². The van der Waals surface area contributed by atoms with Crippen molar-refractivity contribution >= 4 is 28.3 Å². The summed E-state index contributed by atoms with van der Waals surface area (Å²) >= 11 is 3.61. The highest BCUT2D eigenvalue weighted by molar-refractivity contribution is 9.10. The van der Waals surface area contributed by atoms with Crippen molar-refractivity contribution in [3.05, 3.63) is 28.2 Å². The van der Waals surface area contributed by atoms with Crippen molar-refractivity contribution in [1.82, 2.24) is 10.2 Å². The normalized spacial score (nSPS) is 28.6. The maximum absolute atomic E-state index is 5.60. The van der Waals surface area contributed by atoms with Crippen LogP contribution in [-0.4, -0.2) is 38.2 Å². The second-order valence-electron chi connectivity index (χ2n) is 6.75. The molecule has 1 N–H and O–H groups in total. The molecule has 22 heavy (non-hydrogen) atoms. The van der Waals surface area contributed by atoms with Gasteiger partial charge in [-0.3, -0.25) is 4.90 Å². The summed E-state index contributed by atoms with van der Waals surface area (Å²) in [7, 11) is 1.77. The van der Waals surface area contributed by atoms with E-state index in [1.165, 1.54) is 37.9 Å². The molecule has 0 spiro atoms. The first-order valence-corrected chi connectivity index (χ1v) is 8.69. The number of likely N-dealkylation sites (tertiary alicyclic amines) is 1. The Labute approximate surface area is 148 Å². The highest BCUT2D eigenvalue weighted by Crippen LogP contribution is 2.40. The number of nitrogens with zero attached hydrogens (tertiary/aromatic N) is 1. The zero-order valence-corrected chi connectivity index (χ0v) is 15.8. The Kier molecular flexibility index (Phi) is 6.17. The van der Waals surface area contributed by atoms with Crippen LogP contribution < -0.4 is 10.1 Å². The Morgan fingerprint density at radius 3 is 2.95 bits per heavy atom. The van der Waals surface area contributed by atoms with Crippen molar-refractivity contribution in [2.45, 2.75) is 32.2 Å². The number of benzene rings is 1.